The van der Waals surface area contributed by atoms with Crippen LogP contribution in [0.15, 0.2) is 29.3 Å². The van der Waals surface area contributed by atoms with Gasteiger partial charge in [0, 0.05) is 5.75 Å². The summed E-state index contributed by atoms with van der Waals surface area (Å²) in [5.41, 5.74) is 1.08. The van der Waals surface area contributed by atoms with Gasteiger partial charge >= 0.3 is 0 Å². The van der Waals surface area contributed by atoms with Crippen molar-refractivity contribution in [2.45, 2.75) is 32.9 Å². The predicted molar refractivity (Wildman–Crippen MR) is 76.5 cm³/mol. The van der Waals surface area contributed by atoms with Crippen LogP contribution in [-0.4, -0.2) is 17.0 Å². The van der Waals surface area contributed by atoms with Crippen molar-refractivity contribution in [1.82, 2.24) is 5.32 Å². The fourth-order valence-corrected chi connectivity index (χ4v) is 3.09. The van der Waals surface area contributed by atoms with Gasteiger partial charge in [0.2, 0.25) is 0 Å². The molecule has 1 N–H and O–H groups in total. The van der Waals surface area contributed by atoms with Crippen molar-refractivity contribution in [2.75, 3.05) is 5.75 Å². The molecule has 0 aromatic heterocycles. The molecule has 98 valence electrons. The molecule has 2 nitrogen and oxygen atoms in total. The summed E-state index contributed by atoms with van der Waals surface area (Å²) in [7, 11) is 0. The van der Waals surface area contributed by atoms with Gasteiger partial charge in [0.05, 0.1) is 12.1 Å². The number of halogens is 1. The van der Waals surface area contributed by atoms with Crippen molar-refractivity contribution in [3.05, 3.63) is 35.6 Å². The SMILES string of the molecule is CC(NC1=NC(C(C)C)CS1)c1ccc(F)cc1. The van der Waals surface area contributed by atoms with E-state index in [1.165, 1.54) is 12.1 Å². The van der Waals surface area contributed by atoms with Gasteiger partial charge in [-0.3, -0.25) is 4.99 Å². The van der Waals surface area contributed by atoms with E-state index >= 15 is 0 Å². The smallest absolute Gasteiger partial charge is 0.157 e. The maximum Gasteiger partial charge on any atom is 0.157 e. The van der Waals surface area contributed by atoms with Crippen LogP contribution in [0.3, 0.4) is 0 Å². The zero-order valence-corrected chi connectivity index (χ0v) is 11.8. The van der Waals surface area contributed by atoms with Crippen molar-refractivity contribution < 1.29 is 4.39 Å². The highest BCUT2D eigenvalue weighted by Gasteiger charge is 2.22. The highest BCUT2D eigenvalue weighted by molar-refractivity contribution is 8.14. The van der Waals surface area contributed by atoms with Gasteiger partial charge in [-0.2, -0.15) is 0 Å². The van der Waals surface area contributed by atoms with E-state index in [2.05, 4.69) is 31.1 Å². The van der Waals surface area contributed by atoms with E-state index in [1.807, 2.05) is 12.1 Å². The zero-order valence-electron chi connectivity index (χ0n) is 11.0. The van der Waals surface area contributed by atoms with Gasteiger partial charge in [0.25, 0.3) is 0 Å². The van der Waals surface area contributed by atoms with Gasteiger partial charge in [-0.15, -0.1) is 0 Å². The second-order valence-electron chi connectivity index (χ2n) is 4.97. The first-order chi connectivity index (χ1) is 8.56. The first-order valence-electron chi connectivity index (χ1n) is 6.29. The standard InChI is InChI=1S/C14H19FN2S/c1-9(2)13-8-18-14(17-13)16-10(3)11-4-6-12(15)7-5-11/h4-7,9-10,13H,8H2,1-3H3,(H,16,17). The fourth-order valence-electron chi connectivity index (χ4n) is 1.83. The lowest BCUT2D eigenvalue weighted by Crippen LogP contribution is -2.23. The van der Waals surface area contributed by atoms with Gasteiger partial charge in [-0.1, -0.05) is 37.7 Å². The number of nitrogens with one attached hydrogen (secondary N) is 1. The van der Waals surface area contributed by atoms with E-state index in [1.54, 1.807) is 11.8 Å². The molecule has 0 spiro atoms. The van der Waals surface area contributed by atoms with Crippen LogP contribution in [0, 0.1) is 11.7 Å². The molecule has 0 amide bonds. The van der Waals surface area contributed by atoms with Crippen LogP contribution in [0.25, 0.3) is 0 Å². The van der Waals surface area contributed by atoms with Gasteiger partial charge in [0.1, 0.15) is 5.82 Å². The third-order valence-corrected chi connectivity index (χ3v) is 4.16. The third-order valence-electron chi connectivity index (χ3n) is 3.15. The van der Waals surface area contributed by atoms with Gasteiger partial charge in [0.15, 0.2) is 5.17 Å². The van der Waals surface area contributed by atoms with E-state index in [4.69, 9.17) is 0 Å². The Morgan fingerprint density at radius 2 is 1.94 bits per heavy atom. The normalized spacial score (nSPS) is 20.9. The van der Waals surface area contributed by atoms with E-state index in [0.29, 0.717) is 12.0 Å². The van der Waals surface area contributed by atoms with Crippen LogP contribution in [0.2, 0.25) is 0 Å². The monoisotopic (exact) mass is 266 g/mol. The van der Waals surface area contributed by atoms with E-state index < -0.39 is 0 Å². The number of hydrogen-bond acceptors (Lipinski definition) is 3. The highest BCUT2D eigenvalue weighted by atomic mass is 32.2. The van der Waals surface area contributed by atoms with Crippen LogP contribution in [0.4, 0.5) is 4.39 Å². The van der Waals surface area contributed by atoms with Crippen molar-refractivity contribution in [3.8, 4) is 0 Å². The maximum atomic E-state index is 12.8. The molecule has 2 unspecified atom stereocenters. The van der Waals surface area contributed by atoms with Gasteiger partial charge in [-0.25, -0.2) is 4.39 Å². The lowest BCUT2D eigenvalue weighted by atomic mass is 10.1. The summed E-state index contributed by atoms with van der Waals surface area (Å²) >= 11 is 1.77. The number of rotatable bonds is 3. The number of aliphatic imine (C=N–C) groups is 1. The Kier molecular flexibility index (Phi) is 4.27. The first kappa shape index (κ1) is 13.4. The summed E-state index contributed by atoms with van der Waals surface area (Å²) in [5.74, 6) is 1.44. The van der Waals surface area contributed by atoms with E-state index in [-0.39, 0.29) is 11.9 Å². The van der Waals surface area contributed by atoms with Crippen LogP contribution < -0.4 is 5.32 Å². The summed E-state index contributed by atoms with van der Waals surface area (Å²) < 4.78 is 12.8. The molecular formula is C14H19FN2S. The molecule has 18 heavy (non-hydrogen) atoms. The molecule has 0 radical (unpaired) electrons. The minimum absolute atomic E-state index is 0.155. The Labute approximate surface area is 112 Å². The summed E-state index contributed by atoms with van der Waals surface area (Å²) in [5, 5.41) is 4.40. The molecule has 4 heteroatoms. The Hall–Kier alpha value is -1.03. The Morgan fingerprint density at radius 3 is 2.50 bits per heavy atom. The Morgan fingerprint density at radius 1 is 1.28 bits per heavy atom. The van der Waals surface area contributed by atoms with Crippen LogP contribution in [-0.2, 0) is 0 Å². The molecule has 2 rings (SSSR count). The molecule has 1 aromatic carbocycles. The summed E-state index contributed by atoms with van der Waals surface area (Å²) in [6.07, 6.45) is 0. The van der Waals surface area contributed by atoms with Gasteiger partial charge < -0.3 is 5.32 Å². The van der Waals surface area contributed by atoms with Crippen LogP contribution >= 0.6 is 11.8 Å². The maximum absolute atomic E-state index is 12.8. The molecule has 0 bridgehead atoms. The van der Waals surface area contributed by atoms with E-state index in [9.17, 15) is 4.39 Å². The summed E-state index contributed by atoms with van der Waals surface area (Å²) in [4.78, 5) is 4.67. The summed E-state index contributed by atoms with van der Waals surface area (Å²) in [6, 6.07) is 7.18. The molecule has 0 aliphatic carbocycles. The lowest BCUT2D eigenvalue weighted by molar-refractivity contribution is 0.541. The molecule has 0 fully saturated rings. The average molecular weight is 266 g/mol. The van der Waals surface area contributed by atoms with Crippen molar-refractivity contribution in [1.29, 1.82) is 0 Å². The second-order valence-corrected chi connectivity index (χ2v) is 5.98. The fraction of sp³-hybridized carbons (Fsp3) is 0.500. The number of amidine groups is 1. The molecule has 2 atom stereocenters. The topological polar surface area (TPSA) is 24.4 Å². The molecule has 1 aromatic rings. The van der Waals surface area contributed by atoms with Crippen molar-refractivity contribution in [3.63, 3.8) is 0 Å². The quantitative estimate of drug-likeness (QED) is 0.904. The largest absolute Gasteiger partial charge is 0.358 e. The van der Waals surface area contributed by atoms with Gasteiger partial charge in [-0.05, 0) is 30.5 Å². The third kappa shape index (κ3) is 3.25. The minimum atomic E-state index is -0.196. The van der Waals surface area contributed by atoms with Crippen LogP contribution in [0.5, 0.6) is 0 Å². The molecule has 1 aliphatic heterocycles. The number of hydrogen-bond donors (Lipinski definition) is 1. The number of thioether (sulfide) groups is 1. The summed E-state index contributed by atoms with van der Waals surface area (Å²) in [6.45, 7) is 6.46. The molecule has 1 heterocycles. The van der Waals surface area contributed by atoms with Crippen molar-refractivity contribution >= 4 is 16.9 Å². The second kappa shape index (κ2) is 5.74. The molecule has 0 saturated heterocycles. The number of nitrogens with zero attached hydrogens (tertiary/aromatic N) is 1. The molecule has 1 aliphatic rings. The lowest BCUT2D eigenvalue weighted by Gasteiger charge is -2.14. The van der Waals surface area contributed by atoms with E-state index in [0.717, 1.165) is 16.5 Å². The average Bonchev–Trinajstić information content (AvgIpc) is 2.78. The minimum Gasteiger partial charge on any atom is -0.358 e. The zero-order chi connectivity index (χ0) is 13.1. The Bertz CT molecular complexity index is 428. The molecular weight excluding hydrogens is 247 g/mol. The highest BCUT2D eigenvalue weighted by Crippen LogP contribution is 2.24. The van der Waals surface area contributed by atoms with Crippen molar-refractivity contribution in [2.24, 2.45) is 10.9 Å². The number of benzene rings is 1. The first-order valence-corrected chi connectivity index (χ1v) is 7.27. The Balaban J connectivity index is 1.98. The van der Waals surface area contributed by atoms with Crippen LogP contribution in [0.1, 0.15) is 32.4 Å². The molecule has 0 saturated carbocycles. The predicted octanol–water partition coefficient (Wildman–Crippen LogP) is 3.60.